The molecule has 0 fully saturated rings. The van der Waals surface area contributed by atoms with E-state index in [1.807, 2.05) is 60.8 Å². The zero-order valence-electron chi connectivity index (χ0n) is 14.6. The van der Waals surface area contributed by atoms with Gasteiger partial charge in [-0.15, -0.1) is 0 Å². The van der Waals surface area contributed by atoms with Gasteiger partial charge in [-0.05, 0) is 35.7 Å². The Morgan fingerprint density at radius 1 is 1.08 bits per heavy atom. The fraction of sp³-hybridized carbons (Fsp3) is 0.143. The zero-order valence-corrected chi connectivity index (χ0v) is 14.6. The molecule has 126 valence electrons. The second-order valence-corrected chi connectivity index (χ2v) is 5.90. The molecular formula is C21H20N2O2. The number of likely N-dealkylation sites (N-methyl/N-ethyl adjacent to an activating group) is 1. The molecule has 0 spiro atoms. The summed E-state index contributed by atoms with van der Waals surface area (Å²) < 4.78 is 5.23. The molecule has 3 rings (SSSR count). The van der Waals surface area contributed by atoms with Gasteiger partial charge in [0, 0.05) is 42.9 Å². The molecule has 1 amide bonds. The molecule has 4 nitrogen and oxygen atoms in total. The van der Waals surface area contributed by atoms with Crippen LogP contribution in [0.3, 0.4) is 0 Å². The van der Waals surface area contributed by atoms with E-state index in [2.05, 4.69) is 4.98 Å². The molecule has 0 aliphatic carbocycles. The summed E-state index contributed by atoms with van der Waals surface area (Å²) in [5, 5.41) is 2.10. The molecule has 0 aliphatic rings. The maximum atomic E-state index is 12.0. The van der Waals surface area contributed by atoms with E-state index in [1.165, 1.54) is 0 Å². The Labute approximate surface area is 147 Å². The molecule has 0 saturated carbocycles. The number of benzene rings is 2. The fourth-order valence-electron chi connectivity index (χ4n) is 2.64. The summed E-state index contributed by atoms with van der Waals surface area (Å²) in [5.74, 6) is 0.734. The molecular weight excluding hydrogens is 312 g/mol. The number of amides is 1. The molecule has 0 aliphatic heterocycles. The van der Waals surface area contributed by atoms with Crippen LogP contribution >= 0.6 is 0 Å². The van der Waals surface area contributed by atoms with Crippen molar-refractivity contribution in [1.29, 1.82) is 0 Å². The number of carbonyl (C=O) groups is 1. The second kappa shape index (κ2) is 7.18. The number of nitrogens with zero attached hydrogens (tertiary/aromatic N) is 2. The highest BCUT2D eigenvalue weighted by atomic mass is 16.5. The second-order valence-electron chi connectivity index (χ2n) is 5.90. The number of hydrogen-bond donors (Lipinski definition) is 0. The van der Waals surface area contributed by atoms with E-state index in [-0.39, 0.29) is 5.91 Å². The van der Waals surface area contributed by atoms with Gasteiger partial charge in [0.15, 0.2) is 0 Å². The van der Waals surface area contributed by atoms with Gasteiger partial charge >= 0.3 is 0 Å². The smallest absolute Gasteiger partial charge is 0.246 e. The summed E-state index contributed by atoms with van der Waals surface area (Å²) >= 11 is 0. The summed E-state index contributed by atoms with van der Waals surface area (Å²) in [6, 6.07) is 15.8. The summed E-state index contributed by atoms with van der Waals surface area (Å²) in [7, 11) is 5.11. The van der Waals surface area contributed by atoms with Gasteiger partial charge in [-0.1, -0.05) is 24.3 Å². The highest BCUT2D eigenvalue weighted by Crippen LogP contribution is 2.30. The van der Waals surface area contributed by atoms with Crippen LogP contribution in [0.5, 0.6) is 5.75 Å². The van der Waals surface area contributed by atoms with Gasteiger partial charge in [0.1, 0.15) is 5.75 Å². The first-order chi connectivity index (χ1) is 12.1. The minimum atomic E-state index is -0.0615. The topological polar surface area (TPSA) is 42.4 Å². The number of ether oxygens (including phenoxy) is 1. The quantitative estimate of drug-likeness (QED) is 0.678. The molecule has 0 radical (unpaired) electrons. The third-order valence-electron chi connectivity index (χ3n) is 4.04. The van der Waals surface area contributed by atoms with Gasteiger partial charge in [-0.25, -0.2) is 0 Å². The Balaban J connectivity index is 2.16. The van der Waals surface area contributed by atoms with Crippen LogP contribution < -0.4 is 4.74 Å². The third-order valence-corrected chi connectivity index (χ3v) is 4.04. The summed E-state index contributed by atoms with van der Waals surface area (Å²) in [4.78, 5) is 18.2. The SMILES string of the molecule is COc1ccc(-c2ncc3ccccc3c2/C=C/C(=O)N(C)C)cc1. The predicted octanol–water partition coefficient (Wildman–Crippen LogP) is 4.01. The minimum absolute atomic E-state index is 0.0615. The normalized spacial score (nSPS) is 11.0. The van der Waals surface area contributed by atoms with Crippen LogP contribution in [0.4, 0.5) is 0 Å². The van der Waals surface area contributed by atoms with Gasteiger partial charge in [0.05, 0.1) is 12.8 Å². The maximum absolute atomic E-state index is 12.0. The lowest BCUT2D eigenvalue weighted by atomic mass is 9.99. The van der Waals surface area contributed by atoms with Crippen LogP contribution in [-0.4, -0.2) is 37.0 Å². The van der Waals surface area contributed by atoms with Crippen LogP contribution in [0.15, 0.2) is 60.8 Å². The van der Waals surface area contributed by atoms with E-state index >= 15 is 0 Å². The minimum Gasteiger partial charge on any atom is -0.497 e. The Kier molecular flexibility index (Phi) is 4.80. The molecule has 3 aromatic rings. The zero-order chi connectivity index (χ0) is 17.8. The van der Waals surface area contributed by atoms with E-state index in [0.717, 1.165) is 33.3 Å². The monoisotopic (exact) mass is 332 g/mol. The Morgan fingerprint density at radius 2 is 1.80 bits per heavy atom. The molecule has 0 unspecified atom stereocenters. The van der Waals surface area contributed by atoms with Crippen molar-refractivity contribution < 1.29 is 9.53 Å². The van der Waals surface area contributed by atoms with Crippen LogP contribution in [0.2, 0.25) is 0 Å². The summed E-state index contributed by atoms with van der Waals surface area (Å²) in [6.45, 7) is 0. The van der Waals surface area contributed by atoms with Crippen LogP contribution in [0.1, 0.15) is 5.56 Å². The van der Waals surface area contributed by atoms with E-state index in [1.54, 1.807) is 32.2 Å². The number of carbonyl (C=O) groups excluding carboxylic acids is 1. The van der Waals surface area contributed by atoms with Gasteiger partial charge < -0.3 is 9.64 Å². The Bertz CT molecular complexity index is 928. The molecule has 2 aromatic carbocycles. The fourth-order valence-corrected chi connectivity index (χ4v) is 2.64. The highest BCUT2D eigenvalue weighted by Gasteiger charge is 2.10. The molecule has 4 heteroatoms. The van der Waals surface area contributed by atoms with Gasteiger partial charge in [0.2, 0.25) is 5.91 Å². The van der Waals surface area contributed by atoms with E-state index in [0.29, 0.717) is 0 Å². The van der Waals surface area contributed by atoms with Crippen molar-refractivity contribution in [3.8, 4) is 17.0 Å². The van der Waals surface area contributed by atoms with Crippen molar-refractivity contribution in [3.63, 3.8) is 0 Å². The van der Waals surface area contributed by atoms with Crippen molar-refractivity contribution in [3.05, 3.63) is 66.4 Å². The number of pyridine rings is 1. The summed E-state index contributed by atoms with van der Waals surface area (Å²) in [6.07, 6.45) is 5.29. The highest BCUT2D eigenvalue weighted by molar-refractivity contribution is 5.99. The molecule has 0 bridgehead atoms. The third kappa shape index (κ3) is 3.53. The Morgan fingerprint density at radius 3 is 2.48 bits per heavy atom. The van der Waals surface area contributed by atoms with Gasteiger partial charge in [-0.2, -0.15) is 0 Å². The van der Waals surface area contributed by atoms with Crippen molar-refractivity contribution in [2.75, 3.05) is 21.2 Å². The van der Waals surface area contributed by atoms with Crippen LogP contribution in [0.25, 0.3) is 28.1 Å². The lowest BCUT2D eigenvalue weighted by molar-refractivity contribution is -0.123. The average Bonchev–Trinajstić information content (AvgIpc) is 2.65. The van der Waals surface area contributed by atoms with Crippen molar-refractivity contribution in [2.24, 2.45) is 0 Å². The maximum Gasteiger partial charge on any atom is 0.246 e. The number of fused-ring (bicyclic) bond motifs is 1. The van der Waals surface area contributed by atoms with Gasteiger partial charge in [0.25, 0.3) is 0 Å². The number of rotatable bonds is 4. The summed E-state index contributed by atoms with van der Waals surface area (Å²) in [5.41, 5.74) is 2.74. The molecule has 1 aromatic heterocycles. The Hall–Kier alpha value is -3.14. The average molecular weight is 332 g/mol. The van der Waals surface area contributed by atoms with Gasteiger partial charge in [-0.3, -0.25) is 9.78 Å². The first-order valence-corrected chi connectivity index (χ1v) is 8.01. The van der Waals surface area contributed by atoms with E-state index in [9.17, 15) is 4.79 Å². The number of methoxy groups -OCH3 is 1. The molecule has 0 atom stereocenters. The van der Waals surface area contributed by atoms with Crippen molar-refractivity contribution >= 4 is 22.8 Å². The first kappa shape index (κ1) is 16.7. The predicted molar refractivity (Wildman–Crippen MR) is 101 cm³/mol. The molecule has 25 heavy (non-hydrogen) atoms. The lowest BCUT2D eigenvalue weighted by Crippen LogP contribution is -2.18. The molecule has 1 heterocycles. The van der Waals surface area contributed by atoms with Crippen LogP contribution in [-0.2, 0) is 4.79 Å². The molecule has 0 saturated heterocycles. The molecule has 0 N–H and O–H groups in total. The van der Waals surface area contributed by atoms with Crippen molar-refractivity contribution in [2.45, 2.75) is 0 Å². The standard InChI is InChI=1S/C21H20N2O2/c1-23(2)20(24)13-12-19-18-7-5-4-6-16(18)14-22-21(19)15-8-10-17(25-3)11-9-15/h4-14H,1-3H3/b13-12+. The van der Waals surface area contributed by atoms with Crippen molar-refractivity contribution in [1.82, 2.24) is 9.88 Å². The first-order valence-electron chi connectivity index (χ1n) is 8.01. The van der Waals surface area contributed by atoms with E-state index in [4.69, 9.17) is 4.74 Å². The number of hydrogen-bond acceptors (Lipinski definition) is 3. The largest absolute Gasteiger partial charge is 0.497 e. The number of aromatic nitrogens is 1. The lowest BCUT2D eigenvalue weighted by Gasteiger charge is -2.11. The van der Waals surface area contributed by atoms with E-state index < -0.39 is 0 Å². The van der Waals surface area contributed by atoms with Crippen LogP contribution in [0, 0.1) is 0 Å².